The lowest BCUT2D eigenvalue weighted by molar-refractivity contribution is 0.0401. The number of anilines is 1. The first kappa shape index (κ1) is 17.8. The van der Waals surface area contributed by atoms with Crippen LogP contribution in [0.5, 0.6) is 0 Å². The molecule has 0 amide bonds. The summed E-state index contributed by atoms with van der Waals surface area (Å²) in [6.45, 7) is 7.55. The van der Waals surface area contributed by atoms with Crippen molar-refractivity contribution in [2.45, 2.75) is 59.1 Å². The monoisotopic (exact) mass is 313 g/mol. The van der Waals surface area contributed by atoms with Crippen molar-refractivity contribution in [3.05, 3.63) is 42.5 Å². The van der Waals surface area contributed by atoms with Crippen molar-refractivity contribution in [3.8, 4) is 0 Å². The first-order chi connectivity index (χ1) is 11.3. The van der Waals surface area contributed by atoms with Crippen LogP contribution in [0.2, 0.25) is 0 Å². The summed E-state index contributed by atoms with van der Waals surface area (Å²) in [5, 5.41) is 6.11. The highest BCUT2D eigenvalue weighted by Gasteiger charge is 2.12. The third-order valence-electron chi connectivity index (χ3n) is 4.55. The number of fused-ring (bicyclic) bond motifs is 1. The van der Waals surface area contributed by atoms with E-state index in [1.807, 2.05) is 0 Å². The van der Waals surface area contributed by atoms with Crippen molar-refractivity contribution >= 4 is 16.5 Å². The molecule has 0 aliphatic rings. The Hall–Kier alpha value is -1.54. The van der Waals surface area contributed by atoms with Crippen LogP contribution < -0.4 is 5.32 Å². The second kappa shape index (κ2) is 9.57. The normalized spacial score (nSPS) is 13.9. The minimum Gasteiger partial charge on any atom is -0.360 e. The van der Waals surface area contributed by atoms with Gasteiger partial charge in [-0.15, -0.1) is 0 Å². The van der Waals surface area contributed by atoms with E-state index < -0.39 is 0 Å². The van der Waals surface area contributed by atoms with Gasteiger partial charge in [-0.1, -0.05) is 76.4 Å². The van der Waals surface area contributed by atoms with Crippen molar-refractivity contribution in [2.75, 3.05) is 11.9 Å². The van der Waals surface area contributed by atoms with E-state index in [9.17, 15) is 0 Å². The maximum Gasteiger partial charge on any atom is 0.127 e. The maximum atomic E-state index is 6.18. The maximum absolute atomic E-state index is 6.18. The van der Waals surface area contributed by atoms with Crippen LogP contribution in [0.15, 0.2) is 42.5 Å². The fraction of sp³-hybridized carbons (Fsp3) is 0.524. The van der Waals surface area contributed by atoms with E-state index in [1.165, 1.54) is 36.5 Å². The predicted molar refractivity (Wildman–Crippen MR) is 101 cm³/mol. The van der Waals surface area contributed by atoms with Gasteiger partial charge in [-0.2, -0.15) is 0 Å². The Morgan fingerprint density at radius 3 is 2.48 bits per heavy atom. The van der Waals surface area contributed by atoms with Crippen LogP contribution in [0.3, 0.4) is 0 Å². The fourth-order valence-corrected chi connectivity index (χ4v) is 2.94. The van der Waals surface area contributed by atoms with E-state index in [0.717, 1.165) is 18.7 Å². The van der Waals surface area contributed by atoms with Crippen molar-refractivity contribution in [3.63, 3.8) is 0 Å². The first-order valence-corrected chi connectivity index (χ1v) is 9.14. The van der Waals surface area contributed by atoms with E-state index in [0.29, 0.717) is 5.92 Å². The summed E-state index contributed by atoms with van der Waals surface area (Å²) in [6.07, 6.45) is 6.09. The molecule has 0 radical (unpaired) electrons. The fourth-order valence-electron chi connectivity index (χ4n) is 2.94. The molecule has 126 valence electrons. The van der Waals surface area contributed by atoms with Gasteiger partial charge in [0.25, 0.3) is 0 Å². The summed E-state index contributed by atoms with van der Waals surface area (Å²) in [5.41, 5.74) is 1.16. The SMILES string of the molecule is CCCCC(CC)COC(CC)Nc1cccc2ccccc12. The molecular weight excluding hydrogens is 282 g/mol. The molecule has 0 saturated heterocycles. The van der Waals surface area contributed by atoms with E-state index in [-0.39, 0.29) is 6.23 Å². The average Bonchev–Trinajstić information content (AvgIpc) is 2.61. The molecule has 2 heteroatoms. The summed E-state index contributed by atoms with van der Waals surface area (Å²) in [4.78, 5) is 0. The Morgan fingerprint density at radius 2 is 1.74 bits per heavy atom. The van der Waals surface area contributed by atoms with Gasteiger partial charge in [0.2, 0.25) is 0 Å². The number of unbranched alkanes of at least 4 members (excludes halogenated alkanes) is 1. The molecule has 0 aliphatic carbocycles. The molecule has 2 nitrogen and oxygen atoms in total. The number of hydrogen-bond donors (Lipinski definition) is 1. The molecule has 2 unspecified atom stereocenters. The molecule has 23 heavy (non-hydrogen) atoms. The summed E-state index contributed by atoms with van der Waals surface area (Å²) in [7, 11) is 0. The number of ether oxygens (including phenoxy) is 1. The molecule has 1 N–H and O–H groups in total. The Bertz CT molecular complexity index is 576. The van der Waals surface area contributed by atoms with E-state index in [1.54, 1.807) is 0 Å². The van der Waals surface area contributed by atoms with Gasteiger partial charge in [0.1, 0.15) is 6.23 Å². The van der Waals surface area contributed by atoms with Crippen LogP contribution in [-0.4, -0.2) is 12.8 Å². The first-order valence-electron chi connectivity index (χ1n) is 9.14. The Kier molecular flexibility index (Phi) is 7.41. The highest BCUT2D eigenvalue weighted by Crippen LogP contribution is 2.24. The van der Waals surface area contributed by atoms with Crippen LogP contribution in [0.25, 0.3) is 10.8 Å². The summed E-state index contributed by atoms with van der Waals surface area (Å²) in [6, 6.07) is 14.9. The Labute approximate surface area is 141 Å². The summed E-state index contributed by atoms with van der Waals surface area (Å²) >= 11 is 0. The standard InChI is InChI=1S/C21H31NO/c1-4-7-11-17(5-2)16-23-21(6-3)22-20-15-10-13-18-12-8-9-14-19(18)20/h8-10,12-15,17,21-22H,4-7,11,16H2,1-3H3. The van der Waals surface area contributed by atoms with Crippen molar-refractivity contribution in [1.82, 2.24) is 0 Å². The van der Waals surface area contributed by atoms with Crippen molar-refractivity contribution in [1.29, 1.82) is 0 Å². The van der Waals surface area contributed by atoms with E-state index in [4.69, 9.17) is 4.74 Å². The lowest BCUT2D eigenvalue weighted by atomic mass is 10.0. The smallest absolute Gasteiger partial charge is 0.127 e. The van der Waals surface area contributed by atoms with Crippen LogP contribution in [-0.2, 0) is 4.74 Å². The zero-order valence-corrected chi connectivity index (χ0v) is 14.8. The predicted octanol–water partition coefficient (Wildman–Crippen LogP) is 6.22. The zero-order chi connectivity index (χ0) is 16.5. The van der Waals surface area contributed by atoms with Crippen molar-refractivity contribution < 1.29 is 4.74 Å². The minimum absolute atomic E-state index is 0.0801. The average molecular weight is 313 g/mol. The molecule has 2 atom stereocenters. The van der Waals surface area contributed by atoms with Gasteiger partial charge in [0.05, 0.1) is 6.61 Å². The molecule has 2 rings (SSSR count). The molecular formula is C21H31NO. The van der Waals surface area contributed by atoms with Gasteiger partial charge in [-0.3, -0.25) is 0 Å². The largest absolute Gasteiger partial charge is 0.360 e. The van der Waals surface area contributed by atoms with Gasteiger partial charge < -0.3 is 10.1 Å². The second-order valence-corrected chi connectivity index (χ2v) is 6.32. The van der Waals surface area contributed by atoms with Crippen LogP contribution in [0.4, 0.5) is 5.69 Å². The van der Waals surface area contributed by atoms with Gasteiger partial charge in [-0.25, -0.2) is 0 Å². The topological polar surface area (TPSA) is 21.3 Å². The highest BCUT2D eigenvalue weighted by atomic mass is 16.5. The van der Waals surface area contributed by atoms with Gasteiger partial charge >= 0.3 is 0 Å². The quantitative estimate of drug-likeness (QED) is 0.526. The molecule has 0 aliphatic heterocycles. The van der Waals surface area contributed by atoms with Crippen molar-refractivity contribution in [2.24, 2.45) is 5.92 Å². The second-order valence-electron chi connectivity index (χ2n) is 6.32. The lowest BCUT2D eigenvalue weighted by Crippen LogP contribution is -2.25. The number of benzene rings is 2. The van der Waals surface area contributed by atoms with Gasteiger partial charge in [-0.05, 0) is 30.2 Å². The molecule has 0 fully saturated rings. The molecule has 2 aromatic rings. The highest BCUT2D eigenvalue weighted by molar-refractivity contribution is 5.93. The number of hydrogen-bond acceptors (Lipinski definition) is 2. The zero-order valence-electron chi connectivity index (χ0n) is 14.8. The number of rotatable bonds is 10. The summed E-state index contributed by atoms with van der Waals surface area (Å²) in [5.74, 6) is 0.679. The molecule has 2 aromatic carbocycles. The van der Waals surface area contributed by atoms with Crippen LogP contribution in [0.1, 0.15) is 52.9 Å². The Balaban J connectivity index is 1.98. The number of nitrogens with one attached hydrogen (secondary N) is 1. The third kappa shape index (κ3) is 5.24. The summed E-state index contributed by atoms with van der Waals surface area (Å²) < 4.78 is 6.18. The molecule has 0 saturated carbocycles. The molecule has 0 spiro atoms. The van der Waals surface area contributed by atoms with Crippen LogP contribution >= 0.6 is 0 Å². The molecule has 0 heterocycles. The van der Waals surface area contributed by atoms with E-state index in [2.05, 4.69) is 68.6 Å². The van der Waals surface area contributed by atoms with E-state index >= 15 is 0 Å². The molecule has 0 bridgehead atoms. The van der Waals surface area contributed by atoms with Crippen LogP contribution in [0, 0.1) is 5.92 Å². The Morgan fingerprint density at radius 1 is 0.957 bits per heavy atom. The minimum atomic E-state index is 0.0801. The van der Waals surface area contributed by atoms with Gasteiger partial charge in [0, 0.05) is 11.1 Å². The molecule has 0 aromatic heterocycles. The van der Waals surface area contributed by atoms with Gasteiger partial charge in [0.15, 0.2) is 0 Å². The third-order valence-corrected chi connectivity index (χ3v) is 4.55. The lowest BCUT2D eigenvalue weighted by Gasteiger charge is -2.23.